The van der Waals surface area contributed by atoms with Crippen molar-refractivity contribution in [3.8, 4) is 0 Å². The van der Waals surface area contributed by atoms with Crippen LogP contribution in [-0.2, 0) is 30.7 Å². The number of carbonyl (C=O) groups is 2. The molecule has 8 nitrogen and oxygen atoms in total. The van der Waals surface area contributed by atoms with Gasteiger partial charge < -0.3 is 20.0 Å². The van der Waals surface area contributed by atoms with Crippen molar-refractivity contribution >= 4 is 57.4 Å². The largest absolute Gasteiger partial charge is 0.338 e. The van der Waals surface area contributed by atoms with Crippen LogP contribution in [0.25, 0.3) is 0 Å². The third-order valence-corrected chi connectivity index (χ3v) is 14.2. The summed E-state index contributed by atoms with van der Waals surface area (Å²) in [4.78, 5) is 31.9. The fourth-order valence-electron chi connectivity index (χ4n) is 7.93. The normalized spacial score (nSPS) is 17.0. The maximum Gasteiger partial charge on any atom is 0.318 e. The monoisotopic (exact) mass is 818 g/mol. The molecule has 14 heteroatoms. The van der Waals surface area contributed by atoms with Crippen LogP contribution in [0.2, 0.25) is 10.0 Å². The molecule has 6 rings (SSSR count). The highest BCUT2D eigenvalue weighted by atomic mass is 35.5. The lowest BCUT2D eigenvalue weighted by atomic mass is 9.83. The SMILES string of the molecule is CN(CC(CCN1CCC2(CC1)c1ccccc1CS2(=O)=O)(c1ccc(Cl)c(Cl)c1)N(C)C(=O)NC(c1ccccc1)c1ccccc1)C(=O)C(F)F.Cl. The number of amides is 3. The first-order valence-corrected chi connectivity index (χ1v) is 19.8. The number of carbonyl (C=O) groups excluding carboxylic acids is 2. The van der Waals surface area contributed by atoms with Crippen LogP contribution in [0.15, 0.2) is 103 Å². The van der Waals surface area contributed by atoms with E-state index in [9.17, 15) is 26.8 Å². The van der Waals surface area contributed by atoms with E-state index in [4.69, 9.17) is 23.2 Å². The van der Waals surface area contributed by atoms with Crippen molar-refractivity contribution in [1.29, 1.82) is 0 Å². The zero-order chi connectivity index (χ0) is 38.0. The second kappa shape index (κ2) is 17.0. The topological polar surface area (TPSA) is 90.0 Å². The number of benzene rings is 4. The number of piperidine rings is 1. The van der Waals surface area contributed by atoms with Gasteiger partial charge in [-0.3, -0.25) is 4.79 Å². The molecule has 0 aliphatic carbocycles. The minimum Gasteiger partial charge on any atom is -0.338 e. The lowest BCUT2D eigenvalue weighted by Crippen LogP contribution is -2.58. The summed E-state index contributed by atoms with van der Waals surface area (Å²) in [6.07, 6.45) is -2.29. The van der Waals surface area contributed by atoms with Gasteiger partial charge in [0.05, 0.1) is 27.4 Å². The average molecular weight is 820 g/mol. The fourth-order valence-corrected chi connectivity index (χ4v) is 10.5. The molecular formula is C40H43Cl3F2N4O4S. The molecule has 3 amide bonds. The van der Waals surface area contributed by atoms with Crippen molar-refractivity contribution in [3.05, 3.63) is 141 Å². The van der Waals surface area contributed by atoms with E-state index in [0.29, 0.717) is 38.0 Å². The third kappa shape index (κ3) is 8.11. The van der Waals surface area contributed by atoms with Crippen LogP contribution in [-0.4, -0.2) is 81.8 Å². The van der Waals surface area contributed by atoms with Gasteiger partial charge in [-0.1, -0.05) is 114 Å². The second-order valence-corrected chi connectivity index (χ2v) is 17.0. The summed E-state index contributed by atoms with van der Waals surface area (Å²) in [5.41, 5.74) is 2.46. The number of likely N-dealkylation sites (N-methyl/N-ethyl adjacent to an activating group) is 2. The fraction of sp³-hybridized carbons (Fsp3) is 0.350. The number of alkyl halides is 2. The molecule has 2 aliphatic heterocycles. The molecule has 288 valence electrons. The number of hydrogen-bond acceptors (Lipinski definition) is 5. The zero-order valence-electron chi connectivity index (χ0n) is 29.9. The first-order valence-electron chi connectivity index (χ1n) is 17.4. The summed E-state index contributed by atoms with van der Waals surface area (Å²) in [7, 11) is -0.563. The molecule has 0 radical (unpaired) electrons. The number of fused-ring (bicyclic) bond motifs is 2. The van der Waals surface area contributed by atoms with Crippen molar-refractivity contribution in [3.63, 3.8) is 0 Å². The highest BCUT2D eigenvalue weighted by Crippen LogP contribution is 2.49. The Labute approximate surface area is 331 Å². The maximum absolute atomic E-state index is 14.6. The minimum atomic E-state index is -3.43. The molecule has 1 atom stereocenters. The molecule has 54 heavy (non-hydrogen) atoms. The molecule has 2 aliphatic rings. The molecule has 2 heterocycles. The predicted molar refractivity (Wildman–Crippen MR) is 211 cm³/mol. The van der Waals surface area contributed by atoms with Crippen molar-refractivity contribution in [2.24, 2.45) is 0 Å². The average Bonchev–Trinajstić information content (AvgIpc) is 3.38. The van der Waals surface area contributed by atoms with E-state index in [0.717, 1.165) is 27.2 Å². The number of rotatable bonds is 11. The Hall–Kier alpha value is -3.74. The third-order valence-electron chi connectivity index (χ3n) is 11.0. The molecule has 4 aromatic rings. The van der Waals surface area contributed by atoms with E-state index in [-0.39, 0.29) is 41.2 Å². The predicted octanol–water partition coefficient (Wildman–Crippen LogP) is 8.07. The summed E-state index contributed by atoms with van der Waals surface area (Å²) in [6, 6.07) is 30.2. The molecule has 0 aromatic heterocycles. The number of halogens is 5. The van der Waals surface area contributed by atoms with Gasteiger partial charge in [0.15, 0.2) is 9.84 Å². The molecule has 1 N–H and O–H groups in total. The Morgan fingerprint density at radius 1 is 0.870 bits per heavy atom. The number of urea groups is 1. The Kier molecular flexibility index (Phi) is 13.0. The lowest BCUT2D eigenvalue weighted by molar-refractivity contribution is -0.143. The molecule has 1 unspecified atom stereocenters. The summed E-state index contributed by atoms with van der Waals surface area (Å²) in [5, 5.41) is 3.62. The highest BCUT2D eigenvalue weighted by Gasteiger charge is 2.53. The molecule has 4 aromatic carbocycles. The van der Waals surface area contributed by atoms with Gasteiger partial charge in [-0.2, -0.15) is 8.78 Å². The summed E-state index contributed by atoms with van der Waals surface area (Å²) in [6.45, 7) is 0.972. The lowest BCUT2D eigenvalue weighted by Gasteiger charge is -2.47. The van der Waals surface area contributed by atoms with Crippen LogP contribution in [0.5, 0.6) is 0 Å². The van der Waals surface area contributed by atoms with E-state index in [1.165, 1.54) is 11.9 Å². The van der Waals surface area contributed by atoms with E-state index < -0.39 is 44.5 Å². The Morgan fingerprint density at radius 2 is 1.44 bits per heavy atom. The second-order valence-electron chi connectivity index (χ2n) is 13.9. The van der Waals surface area contributed by atoms with Crippen molar-refractivity contribution in [1.82, 2.24) is 20.0 Å². The highest BCUT2D eigenvalue weighted by molar-refractivity contribution is 7.92. The van der Waals surface area contributed by atoms with Crippen LogP contribution in [0.4, 0.5) is 13.6 Å². The first-order chi connectivity index (χ1) is 25.3. The van der Waals surface area contributed by atoms with Crippen LogP contribution in [0, 0.1) is 0 Å². The smallest absolute Gasteiger partial charge is 0.318 e. The summed E-state index contributed by atoms with van der Waals surface area (Å²) < 4.78 is 54.0. The van der Waals surface area contributed by atoms with Crippen LogP contribution in [0.3, 0.4) is 0 Å². The van der Waals surface area contributed by atoms with Crippen molar-refractivity contribution in [2.75, 3.05) is 40.3 Å². The molecule has 1 saturated heterocycles. The van der Waals surface area contributed by atoms with Gasteiger partial charge in [0.2, 0.25) is 0 Å². The molecule has 1 fully saturated rings. The maximum atomic E-state index is 14.6. The van der Waals surface area contributed by atoms with Crippen LogP contribution >= 0.6 is 35.6 Å². The van der Waals surface area contributed by atoms with Gasteiger partial charge in [-0.05, 0) is 72.3 Å². The Bertz CT molecular complexity index is 2020. The van der Waals surface area contributed by atoms with Gasteiger partial charge in [-0.25, -0.2) is 13.2 Å². The quantitative estimate of drug-likeness (QED) is 0.165. The molecular weight excluding hydrogens is 777 g/mol. The van der Waals surface area contributed by atoms with Gasteiger partial charge >= 0.3 is 12.5 Å². The van der Waals surface area contributed by atoms with Gasteiger partial charge in [-0.15, -0.1) is 12.4 Å². The molecule has 0 bridgehead atoms. The van der Waals surface area contributed by atoms with E-state index >= 15 is 0 Å². The zero-order valence-corrected chi connectivity index (χ0v) is 33.1. The van der Waals surface area contributed by atoms with E-state index in [1.54, 1.807) is 25.2 Å². The number of hydrogen-bond donors (Lipinski definition) is 1. The number of nitrogens with zero attached hydrogens (tertiary/aromatic N) is 3. The Balaban J connectivity index is 0.00000561. The number of nitrogens with one attached hydrogen (secondary N) is 1. The molecule has 1 spiro atoms. The summed E-state index contributed by atoms with van der Waals surface area (Å²) in [5.74, 6) is -1.37. The van der Waals surface area contributed by atoms with Gasteiger partial charge in [0.1, 0.15) is 4.75 Å². The molecule has 0 saturated carbocycles. The van der Waals surface area contributed by atoms with E-state index in [1.807, 2.05) is 84.9 Å². The van der Waals surface area contributed by atoms with Gasteiger partial charge in [0, 0.05) is 27.2 Å². The van der Waals surface area contributed by atoms with Crippen molar-refractivity contribution < 1.29 is 26.8 Å². The van der Waals surface area contributed by atoms with Crippen LogP contribution < -0.4 is 5.32 Å². The minimum absolute atomic E-state index is 0. The number of likely N-dealkylation sites (tertiary alicyclic amines) is 1. The van der Waals surface area contributed by atoms with E-state index in [2.05, 4.69) is 10.2 Å². The van der Waals surface area contributed by atoms with Crippen LogP contribution in [0.1, 0.15) is 53.1 Å². The first kappa shape index (κ1) is 41.4. The Morgan fingerprint density at radius 3 is 2.02 bits per heavy atom. The summed E-state index contributed by atoms with van der Waals surface area (Å²) >= 11 is 12.9. The standard InChI is InChI=1S/C40H42Cl2F2N4O4S.ClH/c1-46(37(49)36(43)44)27-39(31-17-18-33(41)34(42)25-31,47(2)38(50)45-35(28-11-5-3-6-12-28)29-13-7-4-8-14-29)19-22-48-23-20-40(21-24-48)32-16-10-9-15-30(32)26-53(40,51)52;/h3-18,25,35-36H,19-24,26-27H2,1-2H3,(H,45,50);1H. The van der Waals surface area contributed by atoms with Gasteiger partial charge in [0.25, 0.3) is 5.91 Å². The van der Waals surface area contributed by atoms with Crippen molar-refractivity contribution in [2.45, 2.75) is 47.8 Å². The number of sulfone groups is 1.